The van der Waals surface area contributed by atoms with Crippen LogP contribution in [-0.4, -0.2) is 58.6 Å². The largest absolute Gasteiger partial charge is 0.550 e. The fourth-order valence-electron chi connectivity index (χ4n) is 3.84. The van der Waals surface area contributed by atoms with Gasteiger partial charge in [-0.1, -0.05) is 70.6 Å². The highest BCUT2D eigenvalue weighted by Gasteiger charge is 2.34. The lowest BCUT2D eigenvalue weighted by atomic mass is 10.0. The molecule has 1 rings (SSSR count). The zero-order valence-electron chi connectivity index (χ0n) is 18.7. The van der Waals surface area contributed by atoms with Crippen LogP contribution in [0.1, 0.15) is 103 Å². The first-order chi connectivity index (χ1) is 14.4. The van der Waals surface area contributed by atoms with E-state index in [0.29, 0.717) is 19.4 Å². The van der Waals surface area contributed by atoms with Crippen molar-refractivity contribution in [3.63, 3.8) is 0 Å². The molecular weight excluding hydrogens is 388 g/mol. The van der Waals surface area contributed by atoms with Gasteiger partial charge in [0.1, 0.15) is 6.10 Å². The Kier molecular flexibility index (Phi) is 15.4. The molecule has 1 aliphatic rings. The van der Waals surface area contributed by atoms with Crippen molar-refractivity contribution >= 4 is 5.97 Å². The van der Waals surface area contributed by atoms with Gasteiger partial charge >= 0.3 is 0 Å². The highest BCUT2D eigenvalue weighted by molar-refractivity contribution is 5.64. The maximum atomic E-state index is 10.4. The molecule has 0 unspecified atom stereocenters. The molecule has 0 aliphatic carbocycles. The summed E-state index contributed by atoms with van der Waals surface area (Å²) in [4.78, 5) is 10.4. The number of carbonyl (C=O) groups is 1. The summed E-state index contributed by atoms with van der Waals surface area (Å²) in [6.07, 6.45) is 11.4. The lowest BCUT2D eigenvalue weighted by Crippen LogP contribution is -2.47. The molecule has 1 aliphatic heterocycles. The molecule has 0 aromatic carbocycles. The zero-order valence-corrected chi connectivity index (χ0v) is 18.7. The Hall–Kier alpha value is -0.730. The molecule has 7 nitrogen and oxygen atoms in total. The first kappa shape index (κ1) is 27.3. The summed E-state index contributed by atoms with van der Waals surface area (Å²) in [7, 11) is 0. The number of carbonyl (C=O) groups excluding carboxylic acids is 1. The van der Waals surface area contributed by atoms with Crippen LogP contribution in [0.25, 0.3) is 0 Å². The van der Waals surface area contributed by atoms with E-state index in [9.17, 15) is 25.2 Å². The zero-order chi connectivity index (χ0) is 22.2. The molecule has 0 radical (unpaired) electrons. The number of unbranched alkanes of at least 4 members (excludes halogenated alkanes) is 11. The van der Waals surface area contributed by atoms with Crippen LogP contribution in [0.2, 0.25) is 0 Å². The highest BCUT2D eigenvalue weighted by atomic mass is 16.7. The first-order valence-corrected chi connectivity index (χ1v) is 11.9. The number of hydrogen-bond donors (Lipinski definition) is 3. The number of hydrogen-bond acceptors (Lipinski definition) is 7. The molecule has 0 saturated carbocycles. The van der Waals surface area contributed by atoms with Crippen molar-refractivity contribution in [3.8, 4) is 0 Å². The SMILES string of the molecule is C[C@@H]1O[C@@H](OCCCCCCCCCCCCCC[C@@H](O)CC(=O)[O-])[C@H](O)C[C@H]1O. The van der Waals surface area contributed by atoms with Crippen molar-refractivity contribution in [1.82, 2.24) is 0 Å². The lowest BCUT2D eigenvalue weighted by Gasteiger charge is -2.35. The van der Waals surface area contributed by atoms with Gasteiger partial charge < -0.3 is 34.7 Å². The van der Waals surface area contributed by atoms with Crippen LogP contribution >= 0.6 is 0 Å². The summed E-state index contributed by atoms with van der Waals surface area (Å²) in [5, 5.41) is 39.3. The quantitative estimate of drug-likeness (QED) is 0.285. The topological polar surface area (TPSA) is 119 Å². The van der Waals surface area contributed by atoms with Crippen LogP contribution in [0.5, 0.6) is 0 Å². The number of ether oxygens (including phenoxy) is 2. The van der Waals surface area contributed by atoms with Crippen LogP contribution in [0.15, 0.2) is 0 Å². The second-order valence-electron chi connectivity index (χ2n) is 8.71. The average molecular weight is 432 g/mol. The smallest absolute Gasteiger partial charge is 0.183 e. The van der Waals surface area contributed by atoms with Gasteiger partial charge in [-0.25, -0.2) is 0 Å². The van der Waals surface area contributed by atoms with Crippen molar-refractivity contribution in [1.29, 1.82) is 0 Å². The fourth-order valence-corrected chi connectivity index (χ4v) is 3.84. The van der Waals surface area contributed by atoms with Gasteiger partial charge in [-0.2, -0.15) is 0 Å². The molecule has 5 atom stereocenters. The van der Waals surface area contributed by atoms with E-state index < -0.39 is 30.6 Å². The lowest BCUT2D eigenvalue weighted by molar-refractivity contribution is -0.307. The molecule has 0 bridgehead atoms. The van der Waals surface area contributed by atoms with E-state index in [-0.39, 0.29) is 12.5 Å². The van der Waals surface area contributed by atoms with Crippen LogP contribution in [0.3, 0.4) is 0 Å². The summed E-state index contributed by atoms with van der Waals surface area (Å²) >= 11 is 0. The van der Waals surface area contributed by atoms with Gasteiger partial charge in [0.15, 0.2) is 6.29 Å². The van der Waals surface area contributed by atoms with Crippen molar-refractivity contribution in [2.45, 2.75) is 134 Å². The molecule has 0 spiro atoms. The van der Waals surface area contributed by atoms with Gasteiger partial charge in [0.25, 0.3) is 0 Å². The minimum Gasteiger partial charge on any atom is -0.550 e. The molecule has 178 valence electrons. The Morgan fingerprint density at radius 3 is 1.97 bits per heavy atom. The summed E-state index contributed by atoms with van der Waals surface area (Å²) < 4.78 is 11.1. The standard InChI is InChI=1S/C23H44O7/c1-18-20(25)17-21(26)23(30-18)29-15-13-11-9-7-5-3-2-4-6-8-10-12-14-19(24)16-22(27)28/h18-21,23-26H,2-17H2,1H3,(H,27,28)/p-1/t18-,19+,20+,21+,23+/m0/s1. The fraction of sp³-hybridized carbons (Fsp3) is 0.957. The molecule has 3 N–H and O–H groups in total. The van der Waals surface area contributed by atoms with Crippen molar-refractivity contribution in [2.24, 2.45) is 0 Å². The maximum absolute atomic E-state index is 10.4. The van der Waals surface area contributed by atoms with Gasteiger partial charge in [0.2, 0.25) is 0 Å². The molecule has 1 saturated heterocycles. The van der Waals surface area contributed by atoms with Crippen LogP contribution in [0.4, 0.5) is 0 Å². The molecule has 1 heterocycles. The summed E-state index contributed by atoms with van der Waals surface area (Å²) in [5.74, 6) is -1.18. The molecule has 0 aromatic rings. The van der Waals surface area contributed by atoms with Gasteiger partial charge in [0, 0.05) is 25.4 Å². The minimum absolute atomic E-state index is 0.255. The van der Waals surface area contributed by atoms with Crippen molar-refractivity contribution in [2.75, 3.05) is 6.61 Å². The predicted octanol–water partition coefficient (Wildman–Crippen LogP) is 2.43. The maximum Gasteiger partial charge on any atom is 0.183 e. The Morgan fingerprint density at radius 1 is 0.933 bits per heavy atom. The molecular formula is C23H43O7-. The molecule has 7 heteroatoms. The van der Waals surface area contributed by atoms with Gasteiger partial charge in [-0.05, 0) is 19.8 Å². The van der Waals surface area contributed by atoms with E-state index in [2.05, 4.69) is 0 Å². The van der Waals surface area contributed by atoms with E-state index >= 15 is 0 Å². The van der Waals surface area contributed by atoms with Crippen molar-refractivity contribution in [3.05, 3.63) is 0 Å². The van der Waals surface area contributed by atoms with Crippen LogP contribution in [0, 0.1) is 0 Å². The molecule has 0 amide bonds. The second-order valence-corrected chi connectivity index (χ2v) is 8.71. The van der Waals surface area contributed by atoms with E-state index in [1.807, 2.05) is 0 Å². The monoisotopic (exact) mass is 431 g/mol. The molecule has 30 heavy (non-hydrogen) atoms. The highest BCUT2D eigenvalue weighted by Crippen LogP contribution is 2.21. The van der Waals surface area contributed by atoms with E-state index in [1.165, 1.54) is 44.9 Å². The first-order valence-electron chi connectivity index (χ1n) is 11.9. The van der Waals surface area contributed by atoms with Crippen LogP contribution < -0.4 is 5.11 Å². The van der Waals surface area contributed by atoms with Gasteiger partial charge in [-0.15, -0.1) is 0 Å². The number of aliphatic hydroxyl groups excluding tert-OH is 3. The van der Waals surface area contributed by atoms with Gasteiger partial charge in [-0.3, -0.25) is 0 Å². The third-order valence-corrected chi connectivity index (χ3v) is 5.80. The third-order valence-electron chi connectivity index (χ3n) is 5.80. The summed E-state index contributed by atoms with van der Waals surface area (Å²) in [5.41, 5.74) is 0. The van der Waals surface area contributed by atoms with E-state index in [4.69, 9.17) is 9.47 Å². The number of carboxylic acid groups (broad SMARTS) is 1. The molecule has 1 fully saturated rings. The average Bonchev–Trinajstić information content (AvgIpc) is 2.68. The number of aliphatic hydroxyl groups is 3. The van der Waals surface area contributed by atoms with E-state index in [0.717, 1.165) is 32.1 Å². The minimum atomic E-state index is -1.18. The Balaban J connectivity index is 1.79. The van der Waals surface area contributed by atoms with Crippen LogP contribution in [-0.2, 0) is 14.3 Å². The second kappa shape index (κ2) is 16.9. The summed E-state index contributed by atoms with van der Waals surface area (Å²) in [6, 6.07) is 0. The third kappa shape index (κ3) is 13.5. The Morgan fingerprint density at radius 2 is 1.43 bits per heavy atom. The normalized spacial score (nSPS) is 25.3. The number of carboxylic acids is 1. The Labute approximate surface area is 181 Å². The van der Waals surface area contributed by atoms with Gasteiger partial charge in [0.05, 0.1) is 18.3 Å². The Bertz CT molecular complexity index is 432. The molecule has 0 aromatic heterocycles. The van der Waals surface area contributed by atoms with E-state index in [1.54, 1.807) is 6.92 Å². The predicted molar refractivity (Wildman–Crippen MR) is 113 cm³/mol. The van der Waals surface area contributed by atoms with Crippen molar-refractivity contribution < 1.29 is 34.7 Å². The summed E-state index contributed by atoms with van der Waals surface area (Å²) in [6.45, 7) is 2.37. The number of aliphatic carboxylic acids is 1. The number of rotatable bonds is 18.